The maximum absolute atomic E-state index is 12.7. The highest BCUT2D eigenvalue weighted by molar-refractivity contribution is 5.54. The lowest BCUT2D eigenvalue weighted by atomic mass is 10.0. The summed E-state index contributed by atoms with van der Waals surface area (Å²) >= 11 is 0. The van der Waals surface area contributed by atoms with Crippen molar-refractivity contribution in [3.8, 4) is 0 Å². The van der Waals surface area contributed by atoms with Gasteiger partial charge in [-0.3, -0.25) is 0 Å². The number of morpholine rings is 1. The molecule has 1 aromatic heterocycles. The van der Waals surface area contributed by atoms with E-state index in [-0.39, 0.29) is 0 Å². The molecule has 0 aliphatic carbocycles. The lowest BCUT2D eigenvalue weighted by Gasteiger charge is -2.34. The van der Waals surface area contributed by atoms with Gasteiger partial charge >= 0.3 is 6.18 Å². The molecule has 2 saturated heterocycles. The molecular weight excluding hydrogens is 393 g/mol. The Bertz CT molecular complexity index is 814. The van der Waals surface area contributed by atoms with E-state index in [0.717, 1.165) is 71.0 Å². The quantitative estimate of drug-likeness (QED) is 0.799. The minimum Gasteiger partial charge on any atom is -0.378 e. The number of halogens is 3. The molecule has 0 radical (unpaired) electrons. The first-order valence-corrected chi connectivity index (χ1v) is 10.4. The van der Waals surface area contributed by atoms with Crippen LogP contribution in [0.15, 0.2) is 42.6 Å². The third-order valence-corrected chi connectivity index (χ3v) is 5.82. The van der Waals surface area contributed by atoms with Crippen molar-refractivity contribution in [3.05, 3.63) is 53.7 Å². The molecule has 30 heavy (non-hydrogen) atoms. The second-order valence-corrected chi connectivity index (χ2v) is 7.77. The second kappa shape index (κ2) is 9.22. The van der Waals surface area contributed by atoms with Crippen molar-refractivity contribution in [3.63, 3.8) is 0 Å². The van der Waals surface area contributed by atoms with Crippen LogP contribution >= 0.6 is 0 Å². The maximum atomic E-state index is 12.7. The van der Waals surface area contributed by atoms with Gasteiger partial charge in [0.1, 0.15) is 5.82 Å². The molecule has 2 fully saturated rings. The van der Waals surface area contributed by atoms with E-state index in [0.29, 0.717) is 11.9 Å². The highest BCUT2D eigenvalue weighted by Crippen LogP contribution is 2.30. The van der Waals surface area contributed by atoms with Gasteiger partial charge in [-0.2, -0.15) is 13.2 Å². The Balaban J connectivity index is 1.30. The van der Waals surface area contributed by atoms with Gasteiger partial charge in [-0.25, -0.2) is 4.98 Å². The summed E-state index contributed by atoms with van der Waals surface area (Å²) in [6.07, 6.45) is -1.56. The van der Waals surface area contributed by atoms with Crippen LogP contribution in [0.25, 0.3) is 0 Å². The van der Waals surface area contributed by atoms with E-state index in [1.807, 2.05) is 0 Å². The van der Waals surface area contributed by atoms with Gasteiger partial charge in [-0.15, -0.1) is 0 Å². The SMILES string of the molecule is FC(F)(F)c1ccc(N2CCC(NCc3ccccc3N3CCOCC3)CC2)nc1. The fourth-order valence-corrected chi connectivity index (χ4v) is 4.08. The zero-order chi connectivity index (χ0) is 21.0. The molecule has 1 aromatic carbocycles. The number of hydrogen-bond acceptors (Lipinski definition) is 5. The molecule has 8 heteroatoms. The Kier molecular flexibility index (Phi) is 6.43. The zero-order valence-corrected chi connectivity index (χ0v) is 16.9. The highest BCUT2D eigenvalue weighted by Gasteiger charge is 2.31. The molecule has 1 N–H and O–H groups in total. The lowest BCUT2D eigenvalue weighted by molar-refractivity contribution is -0.137. The van der Waals surface area contributed by atoms with Crippen LogP contribution < -0.4 is 15.1 Å². The number of nitrogens with zero attached hydrogens (tertiary/aromatic N) is 3. The minimum absolute atomic E-state index is 0.383. The Morgan fingerprint density at radius 1 is 0.967 bits per heavy atom. The van der Waals surface area contributed by atoms with Gasteiger partial charge in [-0.05, 0) is 36.6 Å². The molecule has 0 bridgehead atoms. The molecular formula is C22H27F3N4O. The fraction of sp³-hybridized carbons (Fsp3) is 0.500. The Morgan fingerprint density at radius 2 is 1.70 bits per heavy atom. The molecule has 0 spiro atoms. The van der Waals surface area contributed by atoms with E-state index in [9.17, 15) is 13.2 Å². The summed E-state index contributed by atoms with van der Waals surface area (Å²) in [5.41, 5.74) is 1.84. The number of benzene rings is 1. The second-order valence-electron chi connectivity index (χ2n) is 7.77. The van der Waals surface area contributed by atoms with E-state index >= 15 is 0 Å². The monoisotopic (exact) mass is 420 g/mol. The number of rotatable bonds is 5. The van der Waals surface area contributed by atoms with Crippen molar-refractivity contribution in [1.29, 1.82) is 0 Å². The van der Waals surface area contributed by atoms with Crippen molar-refractivity contribution < 1.29 is 17.9 Å². The predicted octanol–water partition coefficient (Wildman–Crippen LogP) is 3.70. The van der Waals surface area contributed by atoms with Crippen LogP contribution in [0.5, 0.6) is 0 Å². The number of para-hydroxylation sites is 1. The van der Waals surface area contributed by atoms with Gasteiger partial charge in [0.2, 0.25) is 0 Å². The minimum atomic E-state index is -4.35. The van der Waals surface area contributed by atoms with E-state index in [1.165, 1.54) is 17.3 Å². The summed E-state index contributed by atoms with van der Waals surface area (Å²) in [4.78, 5) is 8.45. The average molecular weight is 420 g/mol. The molecule has 162 valence electrons. The summed E-state index contributed by atoms with van der Waals surface area (Å²) in [5, 5.41) is 3.66. The van der Waals surface area contributed by atoms with Crippen molar-refractivity contribution in [1.82, 2.24) is 10.3 Å². The number of anilines is 2. The van der Waals surface area contributed by atoms with Crippen LogP contribution in [0.1, 0.15) is 24.0 Å². The Labute approximate surface area is 174 Å². The molecule has 2 aromatic rings. The van der Waals surface area contributed by atoms with Gasteiger partial charge in [0.15, 0.2) is 0 Å². The summed E-state index contributed by atoms with van der Waals surface area (Å²) in [6.45, 7) is 5.71. The number of aromatic nitrogens is 1. The van der Waals surface area contributed by atoms with Crippen molar-refractivity contribution in [2.45, 2.75) is 31.6 Å². The fourth-order valence-electron chi connectivity index (χ4n) is 4.08. The number of hydrogen-bond donors (Lipinski definition) is 1. The van der Waals surface area contributed by atoms with Crippen LogP contribution in [0.3, 0.4) is 0 Å². The van der Waals surface area contributed by atoms with E-state index in [2.05, 4.69) is 44.4 Å². The first-order chi connectivity index (χ1) is 14.5. The standard InChI is InChI=1S/C22H27F3N4O/c23-22(24,25)18-5-6-21(27-16-18)29-9-7-19(8-10-29)26-15-17-3-1-2-4-20(17)28-11-13-30-14-12-28/h1-6,16,19,26H,7-15H2. The topological polar surface area (TPSA) is 40.6 Å². The van der Waals surface area contributed by atoms with E-state index < -0.39 is 11.7 Å². The van der Waals surface area contributed by atoms with Gasteiger partial charge in [0.05, 0.1) is 18.8 Å². The lowest BCUT2D eigenvalue weighted by Crippen LogP contribution is -2.43. The zero-order valence-electron chi connectivity index (χ0n) is 16.9. The van der Waals surface area contributed by atoms with E-state index in [4.69, 9.17) is 4.74 Å². The smallest absolute Gasteiger partial charge is 0.378 e. The van der Waals surface area contributed by atoms with Gasteiger partial charge < -0.3 is 19.9 Å². The van der Waals surface area contributed by atoms with Gasteiger partial charge in [0, 0.05) is 50.6 Å². The largest absolute Gasteiger partial charge is 0.417 e. The van der Waals surface area contributed by atoms with Crippen LogP contribution in [-0.2, 0) is 17.5 Å². The molecule has 0 saturated carbocycles. The highest BCUT2D eigenvalue weighted by atomic mass is 19.4. The summed E-state index contributed by atoms with van der Waals surface area (Å²) in [7, 11) is 0. The number of pyridine rings is 1. The molecule has 0 unspecified atom stereocenters. The molecule has 2 aliphatic rings. The Hall–Kier alpha value is -2.32. The number of alkyl halides is 3. The normalized spacial score (nSPS) is 18.6. The maximum Gasteiger partial charge on any atom is 0.417 e. The first-order valence-electron chi connectivity index (χ1n) is 10.4. The van der Waals surface area contributed by atoms with Gasteiger partial charge in [0.25, 0.3) is 0 Å². The van der Waals surface area contributed by atoms with Crippen LogP contribution in [0, 0.1) is 0 Å². The number of piperidine rings is 1. The summed E-state index contributed by atoms with van der Waals surface area (Å²) < 4.78 is 43.6. The first kappa shape index (κ1) is 20.9. The van der Waals surface area contributed by atoms with Crippen LogP contribution in [0.4, 0.5) is 24.7 Å². The molecule has 2 aliphatic heterocycles. The molecule has 3 heterocycles. The molecule has 0 amide bonds. The molecule has 4 rings (SSSR count). The van der Waals surface area contributed by atoms with Crippen LogP contribution in [0.2, 0.25) is 0 Å². The van der Waals surface area contributed by atoms with Crippen molar-refractivity contribution >= 4 is 11.5 Å². The average Bonchev–Trinajstić information content (AvgIpc) is 2.78. The van der Waals surface area contributed by atoms with Crippen molar-refractivity contribution in [2.75, 3.05) is 49.2 Å². The molecule has 0 atom stereocenters. The van der Waals surface area contributed by atoms with Crippen molar-refractivity contribution in [2.24, 2.45) is 0 Å². The van der Waals surface area contributed by atoms with Crippen LogP contribution in [-0.4, -0.2) is 50.4 Å². The molecule has 5 nitrogen and oxygen atoms in total. The third-order valence-electron chi connectivity index (χ3n) is 5.82. The number of ether oxygens (including phenoxy) is 1. The van der Waals surface area contributed by atoms with Gasteiger partial charge in [-0.1, -0.05) is 18.2 Å². The summed E-state index contributed by atoms with van der Waals surface area (Å²) in [6, 6.07) is 11.4. The Morgan fingerprint density at radius 3 is 2.37 bits per heavy atom. The number of nitrogens with one attached hydrogen (secondary N) is 1. The predicted molar refractivity (Wildman–Crippen MR) is 111 cm³/mol. The summed E-state index contributed by atoms with van der Waals surface area (Å²) in [5.74, 6) is 0.610. The van der Waals surface area contributed by atoms with E-state index in [1.54, 1.807) is 0 Å². The third kappa shape index (κ3) is 5.05.